The van der Waals surface area contributed by atoms with Crippen LogP contribution in [-0.4, -0.2) is 28.6 Å². The van der Waals surface area contributed by atoms with Gasteiger partial charge in [-0.25, -0.2) is 4.79 Å². The maximum atomic E-state index is 12.8. The number of para-hydroxylation sites is 1. The molecule has 30 heavy (non-hydrogen) atoms. The molecule has 4 rings (SSSR count). The molecule has 0 saturated carbocycles. The lowest BCUT2D eigenvalue weighted by Crippen LogP contribution is -2.56. The van der Waals surface area contributed by atoms with Crippen LogP contribution in [0.15, 0.2) is 88.4 Å². The number of nitrogens with zero attached hydrogens (tertiary/aromatic N) is 3. The SMILES string of the molecule is CC1=C2C=NC=C[N+]2(N)C(C(=O)Nc2ccc(NC(=O)Nc3ccccc3)cc2)=N1. The lowest BCUT2D eigenvalue weighted by atomic mass is 10.2. The molecule has 9 heteroatoms. The largest absolute Gasteiger partial charge is 0.333 e. The van der Waals surface area contributed by atoms with Gasteiger partial charge in [-0.15, -0.1) is 4.59 Å². The minimum Gasteiger partial charge on any atom is -0.316 e. The Hall–Kier alpha value is -4.08. The first-order chi connectivity index (χ1) is 14.5. The smallest absolute Gasteiger partial charge is 0.316 e. The molecule has 3 amide bonds. The fourth-order valence-corrected chi connectivity index (χ4v) is 3.14. The van der Waals surface area contributed by atoms with Crippen LogP contribution in [0, 0.1) is 0 Å². The summed E-state index contributed by atoms with van der Waals surface area (Å²) in [5.74, 6) is 6.08. The Morgan fingerprint density at radius 2 is 1.50 bits per heavy atom. The number of hydrogen-bond donors (Lipinski definition) is 4. The summed E-state index contributed by atoms with van der Waals surface area (Å²) in [6.07, 6.45) is 4.73. The first-order valence-corrected chi connectivity index (χ1v) is 9.19. The maximum absolute atomic E-state index is 12.8. The highest BCUT2D eigenvalue weighted by atomic mass is 16.2. The molecule has 0 spiro atoms. The van der Waals surface area contributed by atoms with Gasteiger partial charge in [0.05, 0.1) is 12.4 Å². The summed E-state index contributed by atoms with van der Waals surface area (Å²) >= 11 is 0. The summed E-state index contributed by atoms with van der Waals surface area (Å²) in [6.45, 7) is 1.78. The quantitative estimate of drug-likeness (QED) is 0.464. The Kier molecular flexibility index (Phi) is 4.97. The van der Waals surface area contributed by atoms with Gasteiger partial charge < -0.3 is 16.0 Å². The molecule has 0 fully saturated rings. The monoisotopic (exact) mass is 402 g/mol. The Balaban J connectivity index is 1.39. The second-order valence-electron chi connectivity index (χ2n) is 6.74. The minimum atomic E-state index is -0.422. The molecule has 0 saturated heterocycles. The zero-order valence-electron chi connectivity index (χ0n) is 16.2. The number of nitrogens with two attached hydrogens (primary N) is 1. The van der Waals surface area contributed by atoms with E-state index in [-0.39, 0.29) is 16.5 Å². The van der Waals surface area contributed by atoms with Crippen molar-refractivity contribution in [3.05, 3.63) is 78.4 Å². The third-order valence-corrected chi connectivity index (χ3v) is 4.61. The number of anilines is 3. The molecule has 2 aromatic carbocycles. The average molecular weight is 402 g/mol. The number of nitrogens with one attached hydrogen (secondary N) is 3. The third-order valence-electron chi connectivity index (χ3n) is 4.61. The third kappa shape index (κ3) is 3.75. The first kappa shape index (κ1) is 19.2. The molecule has 150 valence electrons. The van der Waals surface area contributed by atoms with E-state index in [1.807, 2.05) is 18.2 Å². The topological polar surface area (TPSA) is 121 Å². The number of quaternary nitrogens is 1. The number of fused-ring (bicyclic) bond motifs is 1. The Labute approximate surface area is 172 Å². The fourth-order valence-electron chi connectivity index (χ4n) is 3.14. The van der Waals surface area contributed by atoms with Gasteiger partial charge in [-0.3, -0.25) is 9.79 Å². The zero-order chi connectivity index (χ0) is 21.1. The van der Waals surface area contributed by atoms with Crippen LogP contribution < -0.4 is 21.8 Å². The lowest BCUT2D eigenvalue weighted by Gasteiger charge is -2.25. The standard InChI is InChI=1S/C21H19N7O2/c1-14-18-13-23-11-12-28(18,22)19(24-14)20(29)25-16-7-9-17(10-8-16)27-21(30)26-15-5-3-2-4-6-15/h2-13H,22H2,1H3,(H2-,23,24,25,26,27,29,30)/p+1. The van der Waals surface area contributed by atoms with Gasteiger partial charge in [0, 0.05) is 17.1 Å². The number of carbonyl (C=O) groups is 2. The molecule has 5 N–H and O–H groups in total. The second-order valence-corrected chi connectivity index (χ2v) is 6.74. The summed E-state index contributed by atoms with van der Waals surface area (Å²) in [7, 11) is 0. The predicted octanol–water partition coefficient (Wildman–Crippen LogP) is 3.16. The van der Waals surface area contributed by atoms with E-state index in [0.717, 1.165) is 0 Å². The predicted molar refractivity (Wildman–Crippen MR) is 116 cm³/mol. The van der Waals surface area contributed by atoms with Crippen LogP contribution in [-0.2, 0) is 4.79 Å². The van der Waals surface area contributed by atoms with E-state index in [1.165, 1.54) is 6.20 Å². The van der Waals surface area contributed by atoms with E-state index in [4.69, 9.17) is 5.84 Å². The minimum absolute atomic E-state index is 0.148. The van der Waals surface area contributed by atoms with Crippen LogP contribution >= 0.6 is 0 Å². The number of urea groups is 1. The van der Waals surface area contributed by atoms with Gasteiger partial charge in [0.25, 0.3) is 0 Å². The van der Waals surface area contributed by atoms with Crippen LogP contribution in [0.4, 0.5) is 21.9 Å². The molecule has 0 aromatic heterocycles. The van der Waals surface area contributed by atoms with Gasteiger partial charge in [0.2, 0.25) is 5.70 Å². The number of allylic oxidation sites excluding steroid dienone is 2. The zero-order valence-corrected chi connectivity index (χ0v) is 16.2. The molecule has 1 unspecified atom stereocenters. The molecule has 2 aliphatic heterocycles. The van der Waals surface area contributed by atoms with Crippen LogP contribution in [0.3, 0.4) is 0 Å². The van der Waals surface area contributed by atoms with Gasteiger partial charge in [0.1, 0.15) is 11.9 Å². The fraction of sp³-hybridized carbons (Fsp3) is 0.0476. The van der Waals surface area contributed by atoms with Crippen LogP contribution in [0.5, 0.6) is 0 Å². The number of amidine groups is 1. The van der Waals surface area contributed by atoms with E-state index in [9.17, 15) is 9.59 Å². The van der Waals surface area contributed by atoms with Crippen molar-refractivity contribution in [2.75, 3.05) is 16.0 Å². The molecule has 0 radical (unpaired) electrons. The Morgan fingerprint density at radius 3 is 2.17 bits per heavy atom. The average Bonchev–Trinajstić information content (AvgIpc) is 3.01. The molecule has 2 heterocycles. The van der Waals surface area contributed by atoms with Crippen LogP contribution in [0.25, 0.3) is 0 Å². The van der Waals surface area contributed by atoms with E-state index in [2.05, 4.69) is 25.9 Å². The second kappa shape index (κ2) is 7.74. The first-order valence-electron chi connectivity index (χ1n) is 9.19. The van der Waals surface area contributed by atoms with Crippen LogP contribution in [0.2, 0.25) is 0 Å². The summed E-state index contributed by atoms with van der Waals surface area (Å²) in [5, 5.41) is 8.26. The highest BCUT2D eigenvalue weighted by molar-refractivity contribution is 6.40. The molecule has 1 atom stereocenters. The summed E-state index contributed by atoms with van der Waals surface area (Å²) in [4.78, 5) is 33.2. The normalized spacial score (nSPS) is 19.2. The van der Waals surface area contributed by atoms with Crippen molar-refractivity contribution < 1.29 is 14.2 Å². The van der Waals surface area contributed by atoms with Gasteiger partial charge in [-0.1, -0.05) is 18.2 Å². The number of amides is 3. The van der Waals surface area contributed by atoms with E-state index < -0.39 is 5.91 Å². The number of aliphatic imine (C=N–C) groups is 2. The summed E-state index contributed by atoms with van der Waals surface area (Å²) < 4.78 is -0.319. The number of benzene rings is 2. The van der Waals surface area contributed by atoms with Crippen molar-refractivity contribution in [2.45, 2.75) is 6.92 Å². The van der Waals surface area contributed by atoms with Crippen molar-refractivity contribution in [1.29, 1.82) is 0 Å². The molecule has 9 nitrogen and oxygen atoms in total. The van der Waals surface area contributed by atoms with Crippen molar-refractivity contribution in [3.8, 4) is 0 Å². The summed E-state index contributed by atoms with van der Waals surface area (Å²) in [5.41, 5.74) is 3.10. The van der Waals surface area contributed by atoms with Gasteiger partial charge >= 0.3 is 17.8 Å². The highest BCUT2D eigenvalue weighted by Gasteiger charge is 2.45. The van der Waals surface area contributed by atoms with Crippen molar-refractivity contribution in [2.24, 2.45) is 15.8 Å². The van der Waals surface area contributed by atoms with Crippen LogP contribution in [0.1, 0.15) is 6.92 Å². The Morgan fingerprint density at radius 1 is 0.900 bits per heavy atom. The maximum Gasteiger partial charge on any atom is 0.333 e. The molecule has 2 aliphatic rings. The molecule has 2 aromatic rings. The molecule has 0 bridgehead atoms. The number of hydrogen-bond acceptors (Lipinski definition) is 5. The summed E-state index contributed by atoms with van der Waals surface area (Å²) in [6, 6.07) is 15.5. The highest BCUT2D eigenvalue weighted by Crippen LogP contribution is 2.28. The van der Waals surface area contributed by atoms with E-state index in [0.29, 0.717) is 28.5 Å². The van der Waals surface area contributed by atoms with Gasteiger partial charge in [-0.2, -0.15) is 10.8 Å². The number of rotatable bonds is 4. The van der Waals surface area contributed by atoms with E-state index in [1.54, 1.807) is 55.7 Å². The molecular weight excluding hydrogens is 382 g/mol. The van der Waals surface area contributed by atoms with E-state index >= 15 is 0 Å². The molecular formula is C21H20N7O2+. The van der Waals surface area contributed by atoms with Crippen molar-refractivity contribution in [1.82, 2.24) is 0 Å². The van der Waals surface area contributed by atoms with Gasteiger partial charge in [0.15, 0.2) is 0 Å². The van der Waals surface area contributed by atoms with Gasteiger partial charge in [-0.05, 0) is 43.3 Å². The van der Waals surface area contributed by atoms with Crippen molar-refractivity contribution >= 4 is 41.1 Å². The number of carbonyl (C=O) groups excluding carboxylic acids is 2. The lowest BCUT2D eigenvalue weighted by molar-refractivity contribution is -0.749. The Bertz CT molecular complexity index is 1120. The van der Waals surface area contributed by atoms with Crippen molar-refractivity contribution in [3.63, 3.8) is 0 Å². The molecule has 0 aliphatic carbocycles.